The second kappa shape index (κ2) is 4.13. The number of aromatic amines is 1. The molecule has 2 rings (SSSR count). The Balaban J connectivity index is 2.08. The lowest BCUT2D eigenvalue weighted by molar-refractivity contribution is 0.721. The zero-order valence-electron chi connectivity index (χ0n) is 8.64. The van der Waals surface area contributed by atoms with Crippen LogP contribution in [0.25, 0.3) is 0 Å². The number of nitrogen functional groups attached to an aromatic ring is 1. The van der Waals surface area contributed by atoms with Crippen molar-refractivity contribution in [2.75, 3.05) is 5.73 Å². The van der Waals surface area contributed by atoms with E-state index in [4.69, 9.17) is 5.73 Å². The molecule has 1 unspecified atom stereocenters. The lowest BCUT2D eigenvalue weighted by atomic mass is 9.97. The first-order valence-corrected chi connectivity index (χ1v) is 4.95. The molecule has 0 amide bonds. The zero-order chi connectivity index (χ0) is 10.7. The van der Waals surface area contributed by atoms with Crippen molar-refractivity contribution >= 4 is 5.69 Å². The minimum Gasteiger partial charge on any atom is -0.399 e. The van der Waals surface area contributed by atoms with Crippen LogP contribution in [-0.4, -0.2) is 15.2 Å². The van der Waals surface area contributed by atoms with Crippen LogP contribution < -0.4 is 5.73 Å². The average molecular weight is 202 g/mol. The summed E-state index contributed by atoms with van der Waals surface area (Å²) in [4.78, 5) is 4.11. The fourth-order valence-electron chi connectivity index (χ4n) is 1.56. The predicted molar refractivity (Wildman–Crippen MR) is 59.4 cm³/mol. The molecule has 0 spiro atoms. The zero-order valence-corrected chi connectivity index (χ0v) is 8.64. The molecule has 0 aliphatic rings. The van der Waals surface area contributed by atoms with Gasteiger partial charge in [-0.3, -0.25) is 5.10 Å². The van der Waals surface area contributed by atoms with E-state index in [-0.39, 0.29) is 0 Å². The summed E-state index contributed by atoms with van der Waals surface area (Å²) in [5.41, 5.74) is 7.70. The Hall–Kier alpha value is -1.84. The number of benzene rings is 1. The third-order valence-electron chi connectivity index (χ3n) is 2.47. The quantitative estimate of drug-likeness (QED) is 0.745. The summed E-state index contributed by atoms with van der Waals surface area (Å²) in [7, 11) is 0. The highest BCUT2D eigenvalue weighted by Gasteiger charge is 2.07. The maximum absolute atomic E-state index is 5.63. The molecule has 0 aliphatic heterocycles. The summed E-state index contributed by atoms with van der Waals surface area (Å²) < 4.78 is 0. The van der Waals surface area contributed by atoms with Gasteiger partial charge >= 0.3 is 0 Å². The van der Waals surface area contributed by atoms with Crippen molar-refractivity contribution in [1.29, 1.82) is 0 Å². The SMILES string of the molecule is CC(Cc1ncn[nH]1)c1ccc(N)cc1. The number of hydrogen-bond donors (Lipinski definition) is 2. The van der Waals surface area contributed by atoms with Crippen molar-refractivity contribution in [2.45, 2.75) is 19.3 Å². The molecule has 2 aromatic rings. The number of nitrogens with two attached hydrogens (primary N) is 1. The fraction of sp³-hybridized carbons (Fsp3) is 0.273. The maximum atomic E-state index is 5.63. The molecule has 0 saturated heterocycles. The summed E-state index contributed by atoms with van der Waals surface area (Å²) in [6.45, 7) is 2.16. The second-order valence-electron chi connectivity index (χ2n) is 3.70. The van der Waals surface area contributed by atoms with Crippen molar-refractivity contribution in [3.8, 4) is 0 Å². The molecule has 0 fully saturated rings. The Kier molecular flexibility index (Phi) is 2.67. The topological polar surface area (TPSA) is 67.6 Å². The van der Waals surface area contributed by atoms with Crippen molar-refractivity contribution in [3.63, 3.8) is 0 Å². The van der Waals surface area contributed by atoms with Gasteiger partial charge in [-0.2, -0.15) is 5.10 Å². The molecule has 78 valence electrons. The molecule has 3 N–H and O–H groups in total. The van der Waals surface area contributed by atoms with Gasteiger partial charge in [0.15, 0.2) is 0 Å². The van der Waals surface area contributed by atoms with E-state index in [9.17, 15) is 0 Å². The van der Waals surface area contributed by atoms with E-state index in [0.717, 1.165) is 17.9 Å². The number of H-pyrrole nitrogens is 1. The average Bonchev–Trinajstić information content (AvgIpc) is 2.71. The largest absolute Gasteiger partial charge is 0.399 e. The minimum absolute atomic E-state index is 0.415. The maximum Gasteiger partial charge on any atom is 0.137 e. The van der Waals surface area contributed by atoms with E-state index in [2.05, 4.69) is 34.2 Å². The summed E-state index contributed by atoms with van der Waals surface area (Å²) in [5.74, 6) is 1.33. The lowest BCUT2D eigenvalue weighted by Crippen LogP contribution is -2.00. The van der Waals surface area contributed by atoms with E-state index in [1.54, 1.807) is 0 Å². The number of nitrogens with zero attached hydrogens (tertiary/aromatic N) is 2. The highest BCUT2D eigenvalue weighted by atomic mass is 15.2. The third kappa shape index (κ3) is 2.34. The molecular weight excluding hydrogens is 188 g/mol. The van der Waals surface area contributed by atoms with Gasteiger partial charge in [0.05, 0.1) is 0 Å². The number of hydrogen-bond acceptors (Lipinski definition) is 3. The molecule has 0 bridgehead atoms. The Labute approximate surface area is 88.5 Å². The number of nitrogens with one attached hydrogen (secondary N) is 1. The third-order valence-corrected chi connectivity index (χ3v) is 2.47. The van der Waals surface area contributed by atoms with Gasteiger partial charge in [0.25, 0.3) is 0 Å². The van der Waals surface area contributed by atoms with Crippen LogP contribution in [0.4, 0.5) is 5.69 Å². The molecule has 1 aromatic heterocycles. The van der Waals surface area contributed by atoms with Crippen LogP contribution in [0.5, 0.6) is 0 Å². The van der Waals surface area contributed by atoms with Crippen LogP contribution in [0.15, 0.2) is 30.6 Å². The first kappa shape index (κ1) is 9.71. The number of aromatic nitrogens is 3. The van der Waals surface area contributed by atoms with Gasteiger partial charge in [0.1, 0.15) is 12.2 Å². The molecular formula is C11H14N4. The molecule has 4 nitrogen and oxygen atoms in total. The first-order chi connectivity index (χ1) is 7.25. The van der Waals surface area contributed by atoms with Crippen LogP contribution in [0, 0.1) is 0 Å². The van der Waals surface area contributed by atoms with E-state index in [0.29, 0.717) is 5.92 Å². The van der Waals surface area contributed by atoms with Gasteiger partial charge in [-0.05, 0) is 23.6 Å². The van der Waals surface area contributed by atoms with Crippen molar-refractivity contribution in [3.05, 3.63) is 42.0 Å². The van der Waals surface area contributed by atoms with Crippen LogP contribution in [0.3, 0.4) is 0 Å². The fourth-order valence-corrected chi connectivity index (χ4v) is 1.56. The van der Waals surface area contributed by atoms with E-state index >= 15 is 0 Å². The van der Waals surface area contributed by atoms with Gasteiger partial charge in [0, 0.05) is 12.1 Å². The molecule has 1 heterocycles. The van der Waals surface area contributed by atoms with Gasteiger partial charge in [-0.25, -0.2) is 4.98 Å². The van der Waals surface area contributed by atoms with Crippen molar-refractivity contribution < 1.29 is 0 Å². The summed E-state index contributed by atoms with van der Waals surface area (Å²) in [5, 5.41) is 6.69. The van der Waals surface area contributed by atoms with Crippen LogP contribution in [0.1, 0.15) is 24.2 Å². The van der Waals surface area contributed by atoms with E-state index in [1.807, 2.05) is 12.1 Å². The molecule has 15 heavy (non-hydrogen) atoms. The standard InChI is InChI=1S/C11H14N4/c1-8(6-11-13-7-14-15-11)9-2-4-10(12)5-3-9/h2-5,7-8H,6,12H2,1H3,(H,13,14,15). The van der Waals surface area contributed by atoms with Gasteiger partial charge in [0.2, 0.25) is 0 Å². The monoisotopic (exact) mass is 202 g/mol. The minimum atomic E-state index is 0.415. The highest BCUT2D eigenvalue weighted by molar-refractivity contribution is 5.40. The number of rotatable bonds is 3. The molecule has 1 aromatic carbocycles. The Morgan fingerprint density at radius 1 is 1.33 bits per heavy atom. The summed E-state index contributed by atoms with van der Waals surface area (Å²) >= 11 is 0. The van der Waals surface area contributed by atoms with E-state index < -0.39 is 0 Å². The first-order valence-electron chi connectivity index (χ1n) is 4.95. The Morgan fingerprint density at radius 3 is 2.67 bits per heavy atom. The van der Waals surface area contributed by atoms with Crippen LogP contribution >= 0.6 is 0 Å². The predicted octanol–water partition coefficient (Wildman–Crippen LogP) is 1.73. The number of anilines is 1. The molecule has 4 heteroatoms. The van der Waals surface area contributed by atoms with Crippen molar-refractivity contribution in [2.24, 2.45) is 0 Å². The summed E-state index contributed by atoms with van der Waals surface area (Å²) in [6.07, 6.45) is 2.40. The smallest absolute Gasteiger partial charge is 0.137 e. The Morgan fingerprint density at radius 2 is 2.07 bits per heavy atom. The normalized spacial score (nSPS) is 12.6. The van der Waals surface area contributed by atoms with Crippen LogP contribution in [-0.2, 0) is 6.42 Å². The molecule has 0 saturated carbocycles. The van der Waals surface area contributed by atoms with Gasteiger partial charge < -0.3 is 5.73 Å². The summed E-state index contributed by atoms with van der Waals surface area (Å²) in [6, 6.07) is 7.95. The molecule has 1 atom stereocenters. The van der Waals surface area contributed by atoms with Gasteiger partial charge in [-0.15, -0.1) is 0 Å². The van der Waals surface area contributed by atoms with Crippen molar-refractivity contribution in [1.82, 2.24) is 15.2 Å². The Bertz CT molecular complexity index is 405. The van der Waals surface area contributed by atoms with Gasteiger partial charge in [-0.1, -0.05) is 19.1 Å². The molecule has 0 radical (unpaired) electrons. The van der Waals surface area contributed by atoms with Crippen LogP contribution in [0.2, 0.25) is 0 Å². The lowest BCUT2D eigenvalue weighted by Gasteiger charge is -2.09. The van der Waals surface area contributed by atoms with E-state index in [1.165, 1.54) is 11.9 Å². The molecule has 0 aliphatic carbocycles. The highest BCUT2D eigenvalue weighted by Crippen LogP contribution is 2.19. The second-order valence-corrected chi connectivity index (χ2v) is 3.70.